The minimum atomic E-state index is -0.345. The first kappa shape index (κ1) is 13.8. The SMILES string of the molecule is CC(Cl)CC(C)NCc1cccc(Cl)c1F. The zero-order valence-corrected chi connectivity index (χ0v) is 10.9. The van der Waals surface area contributed by atoms with Crippen molar-refractivity contribution in [3.8, 4) is 0 Å². The van der Waals surface area contributed by atoms with E-state index in [1.54, 1.807) is 18.2 Å². The van der Waals surface area contributed by atoms with Crippen LogP contribution >= 0.6 is 23.2 Å². The average molecular weight is 264 g/mol. The maximum absolute atomic E-state index is 13.5. The Morgan fingerprint density at radius 1 is 1.38 bits per heavy atom. The van der Waals surface area contributed by atoms with Gasteiger partial charge in [-0.2, -0.15) is 0 Å². The van der Waals surface area contributed by atoms with Crippen LogP contribution in [0.3, 0.4) is 0 Å². The number of hydrogen-bond donors (Lipinski definition) is 1. The summed E-state index contributed by atoms with van der Waals surface area (Å²) in [7, 11) is 0. The normalized spacial score (nSPS) is 14.8. The first-order valence-corrected chi connectivity index (χ1v) is 6.12. The fraction of sp³-hybridized carbons (Fsp3) is 0.500. The first-order chi connectivity index (χ1) is 7.50. The summed E-state index contributed by atoms with van der Waals surface area (Å²) in [5.41, 5.74) is 0.585. The molecule has 0 aliphatic rings. The Bertz CT molecular complexity index is 342. The maximum atomic E-state index is 13.5. The van der Waals surface area contributed by atoms with Gasteiger partial charge in [0.05, 0.1) is 5.02 Å². The maximum Gasteiger partial charge on any atom is 0.146 e. The summed E-state index contributed by atoms with van der Waals surface area (Å²) in [5, 5.41) is 3.50. The van der Waals surface area contributed by atoms with Crippen molar-refractivity contribution in [3.63, 3.8) is 0 Å². The summed E-state index contributed by atoms with van der Waals surface area (Å²) in [6.07, 6.45) is 0.851. The van der Waals surface area contributed by atoms with Crippen molar-refractivity contribution >= 4 is 23.2 Å². The van der Waals surface area contributed by atoms with Crippen molar-refractivity contribution in [2.24, 2.45) is 0 Å². The molecule has 0 spiro atoms. The van der Waals surface area contributed by atoms with Crippen molar-refractivity contribution in [3.05, 3.63) is 34.6 Å². The number of benzene rings is 1. The van der Waals surface area contributed by atoms with Crippen LogP contribution in [-0.2, 0) is 6.54 Å². The highest BCUT2D eigenvalue weighted by atomic mass is 35.5. The Labute approximate surface area is 106 Å². The minimum absolute atomic E-state index is 0.117. The molecule has 1 N–H and O–H groups in total. The average Bonchev–Trinajstić information content (AvgIpc) is 2.19. The van der Waals surface area contributed by atoms with E-state index in [9.17, 15) is 4.39 Å². The predicted octanol–water partition coefficient (Wildman–Crippen LogP) is 3.97. The minimum Gasteiger partial charge on any atom is -0.310 e. The van der Waals surface area contributed by atoms with Gasteiger partial charge in [0.15, 0.2) is 0 Å². The summed E-state index contributed by atoms with van der Waals surface area (Å²) in [4.78, 5) is 0. The number of nitrogens with one attached hydrogen (secondary N) is 1. The summed E-state index contributed by atoms with van der Waals surface area (Å²) in [6, 6.07) is 5.28. The van der Waals surface area contributed by atoms with Gasteiger partial charge in [-0.3, -0.25) is 0 Å². The lowest BCUT2D eigenvalue weighted by atomic mass is 10.1. The number of halogens is 3. The third-order valence-electron chi connectivity index (χ3n) is 2.35. The fourth-order valence-electron chi connectivity index (χ4n) is 1.54. The molecule has 1 rings (SSSR count). The zero-order valence-electron chi connectivity index (χ0n) is 9.43. The number of alkyl halides is 1. The lowest BCUT2D eigenvalue weighted by molar-refractivity contribution is 0.499. The van der Waals surface area contributed by atoms with Gasteiger partial charge in [-0.15, -0.1) is 11.6 Å². The molecule has 2 unspecified atom stereocenters. The molecule has 0 bridgehead atoms. The predicted molar refractivity (Wildman–Crippen MR) is 67.6 cm³/mol. The van der Waals surface area contributed by atoms with Gasteiger partial charge in [0.1, 0.15) is 5.82 Å². The van der Waals surface area contributed by atoms with Gasteiger partial charge in [-0.05, 0) is 26.3 Å². The fourth-order valence-corrected chi connectivity index (χ4v) is 2.00. The van der Waals surface area contributed by atoms with Gasteiger partial charge in [-0.1, -0.05) is 23.7 Å². The quantitative estimate of drug-likeness (QED) is 0.793. The van der Waals surface area contributed by atoms with E-state index in [0.29, 0.717) is 12.1 Å². The molecule has 0 saturated carbocycles. The van der Waals surface area contributed by atoms with Crippen LogP contribution in [0.2, 0.25) is 5.02 Å². The molecule has 0 heterocycles. The second-order valence-corrected chi connectivity index (χ2v) is 5.16. The zero-order chi connectivity index (χ0) is 12.1. The van der Waals surface area contributed by atoms with E-state index in [0.717, 1.165) is 6.42 Å². The Morgan fingerprint density at radius 2 is 2.06 bits per heavy atom. The molecule has 90 valence electrons. The summed E-state index contributed by atoms with van der Waals surface area (Å²) in [6.45, 7) is 4.44. The molecule has 0 saturated heterocycles. The molecule has 2 atom stereocenters. The Hall–Kier alpha value is -0.310. The molecule has 0 fully saturated rings. The molecule has 1 nitrogen and oxygen atoms in total. The summed E-state index contributed by atoms with van der Waals surface area (Å²) in [5.74, 6) is -0.345. The molecular formula is C12H16Cl2FN. The monoisotopic (exact) mass is 263 g/mol. The van der Waals surface area contributed by atoms with Gasteiger partial charge < -0.3 is 5.32 Å². The van der Waals surface area contributed by atoms with Gasteiger partial charge in [0.2, 0.25) is 0 Å². The molecule has 1 aromatic carbocycles. The molecule has 0 radical (unpaired) electrons. The molecule has 4 heteroatoms. The highest BCUT2D eigenvalue weighted by Crippen LogP contribution is 2.17. The van der Waals surface area contributed by atoms with E-state index >= 15 is 0 Å². The van der Waals surface area contributed by atoms with E-state index in [2.05, 4.69) is 5.32 Å². The van der Waals surface area contributed by atoms with Crippen LogP contribution in [-0.4, -0.2) is 11.4 Å². The van der Waals surface area contributed by atoms with Gasteiger partial charge in [0, 0.05) is 23.5 Å². The van der Waals surface area contributed by atoms with Crippen LogP contribution in [0.5, 0.6) is 0 Å². The molecule has 0 aliphatic carbocycles. The van der Waals surface area contributed by atoms with Crippen LogP contribution in [0.4, 0.5) is 4.39 Å². The standard InChI is InChI=1S/C12H16Cl2FN/c1-8(13)6-9(2)16-7-10-4-3-5-11(14)12(10)15/h3-5,8-9,16H,6-7H2,1-2H3. The van der Waals surface area contributed by atoms with Crippen LogP contribution < -0.4 is 5.32 Å². The lowest BCUT2D eigenvalue weighted by Gasteiger charge is -2.15. The second-order valence-electron chi connectivity index (χ2n) is 4.01. The van der Waals surface area contributed by atoms with Crippen molar-refractivity contribution in [2.75, 3.05) is 0 Å². The van der Waals surface area contributed by atoms with E-state index in [1.807, 2.05) is 13.8 Å². The van der Waals surface area contributed by atoms with Crippen molar-refractivity contribution in [2.45, 2.75) is 38.2 Å². The molecule has 0 aromatic heterocycles. The second kappa shape index (κ2) is 6.43. The van der Waals surface area contributed by atoms with E-state index in [1.165, 1.54) is 0 Å². The number of rotatable bonds is 5. The highest BCUT2D eigenvalue weighted by Gasteiger charge is 2.09. The van der Waals surface area contributed by atoms with Crippen molar-refractivity contribution in [1.82, 2.24) is 5.32 Å². The third-order valence-corrected chi connectivity index (χ3v) is 2.82. The van der Waals surface area contributed by atoms with E-state index in [4.69, 9.17) is 23.2 Å². The Morgan fingerprint density at radius 3 is 2.69 bits per heavy atom. The van der Waals surface area contributed by atoms with Gasteiger partial charge in [-0.25, -0.2) is 4.39 Å². The van der Waals surface area contributed by atoms with E-state index < -0.39 is 0 Å². The third kappa shape index (κ3) is 4.28. The van der Waals surface area contributed by atoms with Crippen molar-refractivity contribution < 1.29 is 4.39 Å². The largest absolute Gasteiger partial charge is 0.310 e. The summed E-state index contributed by atoms with van der Waals surface area (Å²) >= 11 is 11.6. The number of hydrogen-bond acceptors (Lipinski definition) is 1. The van der Waals surface area contributed by atoms with E-state index in [-0.39, 0.29) is 22.3 Å². The van der Waals surface area contributed by atoms with Crippen LogP contribution in [0.1, 0.15) is 25.8 Å². The highest BCUT2D eigenvalue weighted by molar-refractivity contribution is 6.30. The molecule has 0 amide bonds. The van der Waals surface area contributed by atoms with Crippen molar-refractivity contribution in [1.29, 1.82) is 0 Å². The molecule has 1 aromatic rings. The van der Waals surface area contributed by atoms with Crippen LogP contribution in [0.25, 0.3) is 0 Å². The smallest absolute Gasteiger partial charge is 0.146 e. The molecule has 0 aliphatic heterocycles. The van der Waals surface area contributed by atoms with Crippen LogP contribution in [0.15, 0.2) is 18.2 Å². The van der Waals surface area contributed by atoms with Gasteiger partial charge >= 0.3 is 0 Å². The Kier molecular flexibility index (Phi) is 5.53. The van der Waals surface area contributed by atoms with Crippen LogP contribution in [0, 0.1) is 5.82 Å². The summed E-state index contributed by atoms with van der Waals surface area (Å²) < 4.78 is 13.5. The first-order valence-electron chi connectivity index (χ1n) is 5.31. The topological polar surface area (TPSA) is 12.0 Å². The molecular weight excluding hydrogens is 248 g/mol. The lowest BCUT2D eigenvalue weighted by Crippen LogP contribution is -2.27. The molecule has 16 heavy (non-hydrogen) atoms. The Balaban J connectivity index is 2.51. The van der Waals surface area contributed by atoms with Gasteiger partial charge in [0.25, 0.3) is 0 Å².